The topological polar surface area (TPSA) is 63.6 Å². The minimum atomic E-state index is -3.44. The maximum absolute atomic E-state index is 12.8. The molecular weight excluding hydrogens is 290 g/mol. The first-order valence-corrected chi connectivity index (χ1v) is 8.88. The van der Waals surface area contributed by atoms with Gasteiger partial charge in [-0.2, -0.15) is 4.31 Å². The zero-order valence-corrected chi connectivity index (χ0v) is 13.8. The van der Waals surface area contributed by atoms with Crippen LogP contribution in [-0.2, 0) is 27.8 Å². The van der Waals surface area contributed by atoms with Crippen LogP contribution in [0.4, 0.5) is 0 Å². The normalized spacial score (nSPS) is 21.4. The third-order valence-electron chi connectivity index (χ3n) is 3.71. The zero-order chi connectivity index (χ0) is 15.5. The summed E-state index contributed by atoms with van der Waals surface area (Å²) in [5, 5.41) is 3.07. The van der Waals surface area contributed by atoms with E-state index in [9.17, 15) is 8.42 Å². The lowest BCUT2D eigenvalue weighted by molar-refractivity contribution is 0.0752. The highest BCUT2D eigenvalue weighted by Crippen LogP contribution is 2.21. The molecule has 0 radical (unpaired) electrons. The lowest BCUT2D eigenvalue weighted by Crippen LogP contribution is -2.35. The van der Waals surface area contributed by atoms with Crippen LogP contribution in [0.15, 0.2) is 17.2 Å². The van der Waals surface area contributed by atoms with Crippen LogP contribution < -0.4 is 5.32 Å². The highest BCUT2D eigenvalue weighted by molar-refractivity contribution is 7.89. The first-order chi connectivity index (χ1) is 9.98. The summed E-state index contributed by atoms with van der Waals surface area (Å²) in [7, 11) is -1.59. The van der Waals surface area contributed by atoms with E-state index in [0.29, 0.717) is 31.1 Å². The average molecular weight is 315 g/mol. The van der Waals surface area contributed by atoms with Crippen molar-refractivity contribution in [1.29, 1.82) is 0 Å². The van der Waals surface area contributed by atoms with E-state index in [4.69, 9.17) is 4.74 Å². The number of rotatable bonds is 5. The molecular formula is C14H25N3O3S. The summed E-state index contributed by atoms with van der Waals surface area (Å²) in [5.41, 5.74) is 0.984. The number of nitrogens with one attached hydrogen (secondary N) is 1. The summed E-state index contributed by atoms with van der Waals surface area (Å²) in [5.74, 6) is 0. The molecule has 1 aromatic heterocycles. The second kappa shape index (κ2) is 6.91. The van der Waals surface area contributed by atoms with Gasteiger partial charge >= 0.3 is 0 Å². The van der Waals surface area contributed by atoms with E-state index in [0.717, 1.165) is 18.7 Å². The summed E-state index contributed by atoms with van der Waals surface area (Å²) in [6, 6.07) is 1.77. The molecule has 1 aromatic rings. The molecule has 1 fully saturated rings. The number of hydrogen-bond acceptors (Lipinski definition) is 4. The lowest BCUT2D eigenvalue weighted by Gasteiger charge is -2.20. The van der Waals surface area contributed by atoms with Gasteiger partial charge in [0.15, 0.2) is 0 Å². The van der Waals surface area contributed by atoms with Gasteiger partial charge in [-0.05, 0) is 33.4 Å². The highest BCUT2D eigenvalue weighted by Gasteiger charge is 2.29. The Morgan fingerprint density at radius 1 is 1.48 bits per heavy atom. The Bertz CT molecular complexity index is 568. The van der Waals surface area contributed by atoms with E-state index in [1.807, 2.05) is 25.5 Å². The molecule has 1 atom stereocenters. The van der Waals surface area contributed by atoms with E-state index >= 15 is 0 Å². The van der Waals surface area contributed by atoms with E-state index in [2.05, 4.69) is 5.32 Å². The van der Waals surface area contributed by atoms with Gasteiger partial charge < -0.3 is 14.6 Å². The highest BCUT2D eigenvalue weighted by atomic mass is 32.2. The third kappa shape index (κ3) is 3.66. The van der Waals surface area contributed by atoms with Gasteiger partial charge in [-0.25, -0.2) is 8.42 Å². The summed E-state index contributed by atoms with van der Waals surface area (Å²) >= 11 is 0. The molecule has 0 aliphatic carbocycles. The van der Waals surface area contributed by atoms with Crippen molar-refractivity contribution in [3.63, 3.8) is 0 Å². The van der Waals surface area contributed by atoms with Gasteiger partial charge in [0.05, 0.1) is 6.10 Å². The predicted molar refractivity (Wildman–Crippen MR) is 81.7 cm³/mol. The first-order valence-electron chi connectivity index (χ1n) is 7.44. The van der Waals surface area contributed by atoms with Crippen molar-refractivity contribution in [2.45, 2.75) is 44.4 Å². The van der Waals surface area contributed by atoms with Gasteiger partial charge in [0.25, 0.3) is 0 Å². The molecule has 2 heterocycles. The van der Waals surface area contributed by atoms with Crippen LogP contribution in [0.25, 0.3) is 0 Å². The van der Waals surface area contributed by atoms with Gasteiger partial charge in [0.1, 0.15) is 4.90 Å². The predicted octanol–water partition coefficient (Wildman–Crippen LogP) is 1.03. The largest absolute Gasteiger partial charge is 0.377 e. The van der Waals surface area contributed by atoms with Gasteiger partial charge in [-0.15, -0.1) is 0 Å². The van der Waals surface area contributed by atoms with Crippen molar-refractivity contribution >= 4 is 10.0 Å². The smallest absolute Gasteiger partial charge is 0.244 e. The Morgan fingerprint density at radius 3 is 2.90 bits per heavy atom. The second-order valence-electron chi connectivity index (χ2n) is 5.38. The molecule has 0 saturated carbocycles. The summed E-state index contributed by atoms with van der Waals surface area (Å²) in [4.78, 5) is 0.378. The molecule has 0 bridgehead atoms. The first kappa shape index (κ1) is 16.5. The minimum absolute atomic E-state index is 0.0627. The van der Waals surface area contributed by atoms with E-state index in [1.165, 1.54) is 0 Å². The van der Waals surface area contributed by atoms with E-state index in [1.54, 1.807) is 16.6 Å². The number of aromatic nitrogens is 1. The van der Waals surface area contributed by atoms with Crippen LogP contribution in [-0.4, -0.2) is 50.1 Å². The second-order valence-corrected chi connectivity index (χ2v) is 7.32. The molecule has 1 aliphatic heterocycles. The van der Waals surface area contributed by atoms with Gasteiger partial charge in [0, 0.05) is 44.7 Å². The van der Waals surface area contributed by atoms with Crippen LogP contribution >= 0.6 is 0 Å². The molecule has 2 rings (SSSR count). The molecule has 1 N–H and O–H groups in total. The molecule has 6 nitrogen and oxygen atoms in total. The van der Waals surface area contributed by atoms with Gasteiger partial charge in [-0.3, -0.25) is 0 Å². The van der Waals surface area contributed by atoms with Crippen molar-refractivity contribution in [2.24, 2.45) is 0 Å². The van der Waals surface area contributed by atoms with Gasteiger partial charge in [-0.1, -0.05) is 0 Å². The monoisotopic (exact) mass is 315 g/mol. The zero-order valence-electron chi connectivity index (χ0n) is 13.0. The minimum Gasteiger partial charge on any atom is -0.377 e. The van der Waals surface area contributed by atoms with Crippen LogP contribution in [0.2, 0.25) is 0 Å². The van der Waals surface area contributed by atoms with Crippen molar-refractivity contribution < 1.29 is 13.2 Å². The van der Waals surface area contributed by atoms with Crippen LogP contribution in [0.3, 0.4) is 0 Å². The summed E-state index contributed by atoms with van der Waals surface area (Å²) in [6.45, 7) is 6.89. The quantitative estimate of drug-likeness (QED) is 0.881. The Morgan fingerprint density at radius 2 is 2.24 bits per heavy atom. The number of aryl methyl sites for hydroxylation is 1. The Kier molecular flexibility index (Phi) is 5.43. The van der Waals surface area contributed by atoms with E-state index < -0.39 is 10.0 Å². The summed E-state index contributed by atoms with van der Waals surface area (Å²) < 4.78 is 34.7. The Hall–Kier alpha value is -0.890. The van der Waals surface area contributed by atoms with Gasteiger partial charge in [0.2, 0.25) is 10.0 Å². The average Bonchev–Trinajstić information content (AvgIpc) is 2.73. The van der Waals surface area contributed by atoms with Crippen molar-refractivity contribution in [2.75, 3.05) is 26.7 Å². The molecule has 1 unspecified atom stereocenters. The molecule has 120 valence electrons. The maximum atomic E-state index is 12.8. The van der Waals surface area contributed by atoms with Crippen molar-refractivity contribution in [3.05, 3.63) is 18.0 Å². The Balaban J connectivity index is 2.29. The fourth-order valence-corrected chi connectivity index (χ4v) is 4.23. The number of hydrogen-bond donors (Lipinski definition) is 1. The molecule has 1 saturated heterocycles. The Labute approximate surface area is 127 Å². The fraction of sp³-hybridized carbons (Fsp3) is 0.714. The van der Waals surface area contributed by atoms with Crippen LogP contribution in [0.5, 0.6) is 0 Å². The number of ether oxygens (including phenoxy) is 1. The molecule has 21 heavy (non-hydrogen) atoms. The number of sulfonamides is 1. The lowest BCUT2D eigenvalue weighted by atomic mass is 10.4. The summed E-state index contributed by atoms with van der Waals surface area (Å²) in [6.07, 6.45) is 2.41. The molecule has 0 aromatic carbocycles. The third-order valence-corrected chi connectivity index (χ3v) is 5.54. The van der Waals surface area contributed by atoms with E-state index in [-0.39, 0.29) is 6.10 Å². The molecule has 0 amide bonds. The van der Waals surface area contributed by atoms with Crippen LogP contribution in [0.1, 0.15) is 26.0 Å². The van der Waals surface area contributed by atoms with Crippen molar-refractivity contribution in [3.8, 4) is 0 Å². The molecule has 0 spiro atoms. The standard InChI is InChI=1S/C14H25N3O3S/c1-4-16-11-14(8-13(16)9-15-3)21(18,19)17-6-5-7-20-12(2)10-17/h8,11-12,15H,4-7,9-10H2,1-3H3. The SMILES string of the molecule is CCn1cc(S(=O)(=O)N2CCCOC(C)C2)cc1CNC. The van der Waals surface area contributed by atoms with Crippen molar-refractivity contribution in [1.82, 2.24) is 14.2 Å². The number of nitrogens with zero attached hydrogens (tertiary/aromatic N) is 2. The molecule has 7 heteroatoms. The van der Waals surface area contributed by atoms with Crippen LogP contribution in [0, 0.1) is 0 Å². The fourth-order valence-electron chi connectivity index (χ4n) is 2.61. The molecule has 1 aliphatic rings. The maximum Gasteiger partial charge on any atom is 0.244 e.